The summed E-state index contributed by atoms with van der Waals surface area (Å²) in [4.78, 5) is 25.1. The van der Waals surface area contributed by atoms with Gasteiger partial charge in [-0.05, 0) is 50.6 Å². The van der Waals surface area contributed by atoms with Gasteiger partial charge in [0.1, 0.15) is 0 Å². The number of non-ortho nitro benzene ring substituents is 1. The summed E-state index contributed by atoms with van der Waals surface area (Å²) in [5.74, 6) is 1.17. The molecule has 0 bridgehead atoms. The zero-order chi connectivity index (χ0) is 18.9. The summed E-state index contributed by atoms with van der Waals surface area (Å²) in [6, 6.07) is 11.2. The fraction of sp³-hybridized carbons (Fsp3) is 0.316. The van der Waals surface area contributed by atoms with Crippen molar-refractivity contribution >= 4 is 11.6 Å². The van der Waals surface area contributed by atoms with Crippen molar-refractivity contribution in [1.82, 2.24) is 4.90 Å². The minimum Gasteiger partial charge on any atom is -0.454 e. The van der Waals surface area contributed by atoms with Gasteiger partial charge in [-0.15, -0.1) is 0 Å². The number of hydrogen-bond acceptors (Lipinski definition) is 5. The monoisotopic (exact) mass is 356 g/mol. The Balaban J connectivity index is 1.86. The largest absolute Gasteiger partial charge is 0.454 e. The van der Waals surface area contributed by atoms with E-state index in [0.717, 1.165) is 5.56 Å². The van der Waals surface area contributed by atoms with Gasteiger partial charge in [0.15, 0.2) is 11.5 Å². The summed E-state index contributed by atoms with van der Waals surface area (Å²) in [7, 11) is 0. The summed E-state index contributed by atoms with van der Waals surface area (Å²) in [5, 5.41) is 10.8. The SMILES string of the molecule is CC(C)(C)N(Cc1ccc2c(c1)OCO2)C(=O)c1ccc([N+](=O)[O-])cc1. The number of hydrogen-bond donors (Lipinski definition) is 0. The molecule has 1 aliphatic heterocycles. The third kappa shape index (κ3) is 3.61. The van der Waals surface area contributed by atoms with Gasteiger partial charge in [-0.25, -0.2) is 0 Å². The van der Waals surface area contributed by atoms with Gasteiger partial charge >= 0.3 is 0 Å². The van der Waals surface area contributed by atoms with Crippen molar-refractivity contribution in [3.05, 3.63) is 63.7 Å². The molecule has 7 heteroatoms. The van der Waals surface area contributed by atoms with E-state index in [0.29, 0.717) is 23.6 Å². The van der Waals surface area contributed by atoms with Gasteiger partial charge < -0.3 is 14.4 Å². The summed E-state index contributed by atoms with van der Waals surface area (Å²) in [6.07, 6.45) is 0. The van der Waals surface area contributed by atoms with E-state index in [1.165, 1.54) is 24.3 Å². The van der Waals surface area contributed by atoms with Gasteiger partial charge in [0.2, 0.25) is 6.79 Å². The van der Waals surface area contributed by atoms with E-state index >= 15 is 0 Å². The molecule has 0 radical (unpaired) electrons. The fourth-order valence-electron chi connectivity index (χ4n) is 2.72. The van der Waals surface area contributed by atoms with Gasteiger partial charge in [0, 0.05) is 29.8 Å². The molecule has 0 fully saturated rings. The Kier molecular flexibility index (Phi) is 4.54. The molecule has 1 amide bonds. The van der Waals surface area contributed by atoms with Crippen molar-refractivity contribution in [2.24, 2.45) is 0 Å². The highest BCUT2D eigenvalue weighted by Gasteiger charge is 2.28. The maximum absolute atomic E-state index is 13.0. The lowest BCUT2D eigenvalue weighted by molar-refractivity contribution is -0.384. The first kappa shape index (κ1) is 17.7. The van der Waals surface area contributed by atoms with E-state index in [1.54, 1.807) is 4.90 Å². The van der Waals surface area contributed by atoms with E-state index in [9.17, 15) is 14.9 Å². The Hall–Kier alpha value is -3.09. The lowest BCUT2D eigenvalue weighted by atomic mass is 10.0. The first-order chi connectivity index (χ1) is 12.3. The van der Waals surface area contributed by atoms with Crippen molar-refractivity contribution in [1.29, 1.82) is 0 Å². The summed E-state index contributed by atoms with van der Waals surface area (Å²) < 4.78 is 10.7. The third-order valence-corrected chi connectivity index (χ3v) is 4.16. The molecule has 136 valence electrons. The number of nitro groups is 1. The number of nitro benzene ring substituents is 1. The van der Waals surface area contributed by atoms with Crippen LogP contribution in [0.5, 0.6) is 11.5 Å². The van der Waals surface area contributed by atoms with Crippen LogP contribution < -0.4 is 9.47 Å². The van der Waals surface area contributed by atoms with Crippen molar-refractivity contribution < 1.29 is 19.2 Å². The summed E-state index contributed by atoms with van der Waals surface area (Å²) in [5.41, 5.74) is 0.847. The smallest absolute Gasteiger partial charge is 0.269 e. The standard InChI is InChI=1S/C19H20N2O5/c1-19(2,3)20(11-13-4-9-16-17(10-13)26-12-25-16)18(22)14-5-7-15(8-6-14)21(23)24/h4-10H,11-12H2,1-3H3. The third-order valence-electron chi connectivity index (χ3n) is 4.16. The second kappa shape index (κ2) is 6.67. The minimum atomic E-state index is -0.484. The molecule has 3 rings (SSSR count). The number of nitrogens with zero attached hydrogens (tertiary/aromatic N) is 2. The van der Waals surface area contributed by atoms with Crippen LogP contribution in [0.1, 0.15) is 36.7 Å². The molecule has 0 aliphatic carbocycles. The Bertz CT molecular complexity index is 840. The van der Waals surface area contributed by atoms with Crippen LogP contribution in [0.4, 0.5) is 5.69 Å². The quantitative estimate of drug-likeness (QED) is 0.615. The van der Waals surface area contributed by atoms with Crippen molar-refractivity contribution in [3.63, 3.8) is 0 Å². The van der Waals surface area contributed by atoms with Gasteiger partial charge in [0.25, 0.3) is 11.6 Å². The first-order valence-corrected chi connectivity index (χ1v) is 8.20. The number of carbonyl (C=O) groups excluding carboxylic acids is 1. The van der Waals surface area contributed by atoms with Crippen LogP contribution >= 0.6 is 0 Å². The topological polar surface area (TPSA) is 81.9 Å². The molecule has 0 aromatic heterocycles. The average molecular weight is 356 g/mol. The number of fused-ring (bicyclic) bond motifs is 1. The zero-order valence-electron chi connectivity index (χ0n) is 14.9. The molecule has 0 saturated carbocycles. The van der Waals surface area contributed by atoms with E-state index < -0.39 is 10.5 Å². The lowest BCUT2D eigenvalue weighted by Gasteiger charge is -2.36. The minimum absolute atomic E-state index is 0.0420. The summed E-state index contributed by atoms with van der Waals surface area (Å²) >= 11 is 0. The molecule has 2 aromatic carbocycles. The van der Waals surface area contributed by atoms with Gasteiger partial charge in [-0.1, -0.05) is 6.07 Å². The lowest BCUT2D eigenvalue weighted by Crippen LogP contribution is -2.45. The van der Waals surface area contributed by atoms with Crippen molar-refractivity contribution in [2.45, 2.75) is 32.9 Å². The zero-order valence-corrected chi connectivity index (χ0v) is 14.9. The molecule has 0 atom stereocenters. The van der Waals surface area contributed by atoms with Crippen LogP contribution in [-0.4, -0.2) is 28.1 Å². The summed E-state index contributed by atoms with van der Waals surface area (Å²) in [6.45, 7) is 6.43. The van der Waals surface area contributed by atoms with Gasteiger partial charge in [0.05, 0.1) is 4.92 Å². The highest BCUT2D eigenvalue weighted by molar-refractivity contribution is 5.94. The van der Waals surface area contributed by atoms with Crippen LogP contribution in [-0.2, 0) is 6.54 Å². The normalized spacial score (nSPS) is 12.7. The van der Waals surface area contributed by atoms with E-state index in [2.05, 4.69) is 0 Å². The maximum Gasteiger partial charge on any atom is 0.269 e. The van der Waals surface area contributed by atoms with Crippen molar-refractivity contribution in [3.8, 4) is 11.5 Å². The van der Waals surface area contributed by atoms with Crippen LogP contribution in [0.25, 0.3) is 0 Å². The molecule has 0 spiro atoms. The van der Waals surface area contributed by atoms with Crippen LogP contribution in [0.2, 0.25) is 0 Å². The molecule has 1 aliphatic rings. The van der Waals surface area contributed by atoms with Gasteiger partial charge in [-0.3, -0.25) is 14.9 Å². The molecule has 0 saturated heterocycles. The van der Waals surface area contributed by atoms with Crippen molar-refractivity contribution in [2.75, 3.05) is 6.79 Å². The molecule has 2 aromatic rings. The Morgan fingerprint density at radius 1 is 1.12 bits per heavy atom. The molecule has 1 heterocycles. The van der Waals surface area contributed by atoms with E-state index in [1.807, 2.05) is 39.0 Å². The molecule has 26 heavy (non-hydrogen) atoms. The fourth-order valence-corrected chi connectivity index (χ4v) is 2.72. The highest BCUT2D eigenvalue weighted by atomic mass is 16.7. The number of amides is 1. The molecular weight excluding hydrogens is 336 g/mol. The van der Waals surface area contributed by atoms with E-state index in [-0.39, 0.29) is 18.4 Å². The Morgan fingerprint density at radius 3 is 2.38 bits per heavy atom. The first-order valence-electron chi connectivity index (χ1n) is 8.20. The molecule has 0 unspecified atom stereocenters. The predicted octanol–water partition coefficient (Wildman–Crippen LogP) is 3.76. The number of ether oxygens (including phenoxy) is 2. The second-order valence-corrected chi connectivity index (χ2v) is 7.05. The predicted molar refractivity (Wildman–Crippen MR) is 95.3 cm³/mol. The average Bonchev–Trinajstić information content (AvgIpc) is 3.06. The molecule has 0 N–H and O–H groups in total. The highest BCUT2D eigenvalue weighted by Crippen LogP contribution is 2.33. The molecule has 7 nitrogen and oxygen atoms in total. The Labute approximate surface area is 151 Å². The number of benzene rings is 2. The number of rotatable bonds is 4. The van der Waals surface area contributed by atoms with E-state index in [4.69, 9.17) is 9.47 Å². The molecular formula is C19H20N2O5. The van der Waals surface area contributed by atoms with Crippen LogP contribution in [0.3, 0.4) is 0 Å². The number of carbonyl (C=O) groups is 1. The van der Waals surface area contributed by atoms with Gasteiger partial charge in [-0.2, -0.15) is 0 Å². The van der Waals surface area contributed by atoms with Crippen LogP contribution in [0.15, 0.2) is 42.5 Å². The van der Waals surface area contributed by atoms with Crippen LogP contribution in [0, 0.1) is 10.1 Å². The second-order valence-electron chi connectivity index (χ2n) is 7.05. The Morgan fingerprint density at radius 2 is 1.77 bits per heavy atom. The maximum atomic E-state index is 13.0.